The van der Waals surface area contributed by atoms with Gasteiger partial charge in [-0.15, -0.1) is 13.2 Å². The van der Waals surface area contributed by atoms with Crippen molar-refractivity contribution >= 4 is 5.91 Å². The summed E-state index contributed by atoms with van der Waals surface area (Å²) < 4.78 is 39.8. The first kappa shape index (κ1) is 14.8. The zero-order valence-electron chi connectivity index (χ0n) is 10.6. The third-order valence-corrected chi connectivity index (χ3v) is 2.51. The predicted molar refractivity (Wildman–Crippen MR) is 66.5 cm³/mol. The normalized spacial score (nSPS) is 11.2. The minimum atomic E-state index is -4.71. The lowest BCUT2D eigenvalue weighted by Gasteiger charge is -2.09. The van der Waals surface area contributed by atoms with Crippen LogP contribution in [0.25, 0.3) is 0 Å². The maximum absolute atomic E-state index is 12.0. The van der Waals surface area contributed by atoms with Crippen LogP contribution in [0, 0.1) is 0 Å². The van der Waals surface area contributed by atoms with Crippen LogP contribution in [-0.2, 0) is 6.42 Å². The maximum atomic E-state index is 12.0. The molecule has 110 valence electrons. The molecule has 8 heteroatoms. The Kier molecular flexibility index (Phi) is 4.06. The molecule has 0 fully saturated rings. The number of benzene rings is 1. The number of primary amides is 1. The van der Waals surface area contributed by atoms with Gasteiger partial charge >= 0.3 is 6.36 Å². The van der Waals surface area contributed by atoms with Crippen molar-refractivity contribution in [2.45, 2.75) is 12.8 Å². The van der Waals surface area contributed by atoms with Gasteiger partial charge in [0.25, 0.3) is 5.91 Å². The second-order valence-electron chi connectivity index (χ2n) is 4.12. The molecule has 0 saturated heterocycles. The molecule has 2 N–H and O–H groups in total. The smallest absolute Gasteiger partial charge is 0.406 e. The van der Waals surface area contributed by atoms with Crippen LogP contribution in [-0.4, -0.2) is 22.2 Å². The van der Waals surface area contributed by atoms with E-state index in [2.05, 4.69) is 14.7 Å². The topological polar surface area (TPSA) is 78.1 Å². The highest BCUT2D eigenvalue weighted by Gasteiger charge is 2.30. The molecule has 0 aliphatic rings. The van der Waals surface area contributed by atoms with Gasteiger partial charge in [-0.1, -0.05) is 12.1 Å². The van der Waals surface area contributed by atoms with Crippen LogP contribution < -0.4 is 10.5 Å². The van der Waals surface area contributed by atoms with Gasteiger partial charge in [-0.3, -0.25) is 4.79 Å². The second kappa shape index (κ2) is 5.78. The molecular weight excluding hydrogens is 287 g/mol. The van der Waals surface area contributed by atoms with E-state index in [0.29, 0.717) is 17.8 Å². The number of rotatable bonds is 4. The molecule has 1 aromatic carbocycles. The van der Waals surface area contributed by atoms with Gasteiger partial charge in [0.15, 0.2) is 0 Å². The van der Waals surface area contributed by atoms with Crippen molar-refractivity contribution in [1.82, 2.24) is 9.97 Å². The first-order valence-corrected chi connectivity index (χ1v) is 5.79. The molecule has 0 unspecified atom stereocenters. The number of alkyl halides is 3. The van der Waals surface area contributed by atoms with Gasteiger partial charge in [-0.25, -0.2) is 9.97 Å². The van der Waals surface area contributed by atoms with E-state index >= 15 is 0 Å². The molecule has 5 nitrogen and oxygen atoms in total. The van der Waals surface area contributed by atoms with Crippen molar-refractivity contribution in [3.05, 3.63) is 53.6 Å². The number of nitrogens with zero attached hydrogens (tertiary/aromatic N) is 2. The van der Waals surface area contributed by atoms with Crippen LogP contribution >= 0.6 is 0 Å². The van der Waals surface area contributed by atoms with Crippen molar-refractivity contribution in [1.29, 1.82) is 0 Å². The van der Waals surface area contributed by atoms with Crippen molar-refractivity contribution in [3.8, 4) is 5.75 Å². The lowest BCUT2D eigenvalue weighted by Crippen LogP contribution is -2.17. The summed E-state index contributed by atoms with van der Waals surface area (Å²) in [6.45, 7) is 0. The Labute approximate surface area is 117 Å². The number of nitrogens with two attached hydrogens (primary N) is 1. The van der Waals surface area contributed by atoms with Gasteiger partial charge < -0.3 is 10.5 Å². The number of ether oxygens (including phenoxy) is 1. The van der Waals surface area contributed by atoms with E-state index in [-0.39, 0.29) is 11.3 Å². The number of carbonyl (C=O) groups excluding carboxylic acids is 1. The summed E-state index contributed by atoms with van der Waals surface area (Å²) in [5.41, 5.74) is 5.95. The molecule has 0 bridgehead atoms. The third-order valence-electron chi connectivity index (χ3n) is 2.51. The van der Waals surface area contributed by atoms with Gasteiger partial charge in [0.2, 0.25) is 0 Å². The van der Waals surface area contributed by atoms with Gasteiger partial charge in [-0.2, -0.15) is 0 Å². The average Bonchev–Trinajstić information content (AvgIpc) is 2.40. The molecular formula is C13H10F3N3O2. The number of hydrogen-bond acceptors (Lipinski definition) is 4. The van der Waals surface area contributed by atoms with E-state index in [9.17, 15) is 18.0 Å². The number of aromatic nitrogens is 2. The molecule has 1 aromatic heterocycles. The van der Waals surface area contributed by atoms with Crippen molar-refractivity contribution in [3.63, 3.8) is 0 Å². The molecule has 1 amide bonds. The number of amides is 1. The number of halogens is 3. The minimum absolute atomic E-state index is 0.188. The average molecular weight is 297 g/mol. The van der Waals surface area contributed by atoms with Crippen molar-refractivity contribution < 1.29 is 22.7 Å². The Morgan fingerprint density at radius 2 is 1.71 bits per heavy atom. The summed E-state index contributed by atoms with van der Waals surface area (Å²) in [7, 11) is 0. The molecule has 2 aromatic rings. The molecule has 21 heavy (non-hydrogen) atoms. The lowest BCUT2D eigenvalue weighted by atomic mass is 10.1. The van der Waals surface area contributed by atoms with E-state index < -0.39 is 12.3 Å². The minimum Gasteiger partial charge on any atom is -0.406 e. The monoisotopic (exact) mass is 297 g/mol. The molecule has 2 rings (SSSR count). The fraction of sp³-hybridized carbons (Fsp3) is 0.154. The highest BCUT2D eigenvalue weighted by molar-refractivity contribution is 5.92. The summed E-state index contributed by atoms with van der Waals surface area (Å²) in [5, 5.41) is 0. The Morgan fingerprint density at radius 3 is 2.19 bits per heavy atom. The van der Waals surface area contributed by atoms with Crippen LogP contribution in [0.5, 0.6) is 5.75 Å². The quantitative estimate of drug-likeness (QED) is 0.937. The Bertz CT molecular complexity index is 625. The molecule has 0 aliphatic carbocycles. The van der Waals surface area contributed by atoms with Gasteiger partial charge in [0.1, 0.15) is 11.6 Å². The van der Waals surface area contributed by atoms with Crippen LogP contribution in [0.2, 0.25) is 0 Å². The fourth-order valence-electron chi connectivity index (χ4n) is 1.56. The van der Waals surface area contributed by atoms with Crippen molar-refractivity contribution in [2.24, 2.45) is 5.73 Å². The summed E-state index contributed by atoms with van der Waals surface area (Å²) in [5.74, 6) is -0.504. The molecule has 0 aliphatic heterocycles. The zero-order valence-corrected chi connectivity index (χ0v) is 10.6. The van der Waals surface area contributed by atoms with Gasteiger partial charge in [0, 0.05) is 18.8 Å². The largest absolute Gasteiger partial charge is 0.573 e. The number of hydrogen-bond donors (Lipinski definition) is 1. The fourth-order valence-corrected chi connectivity index (χ4v) is 1.56. The third kappa shape index (κ3) is 4.44. The van der Waals surface area contributed by atoms with Crippen LogP contribution in [0.4, 0.5) is 13.2 Å². The first-order chi connectivity index (χ1) is 9.83. The first-order valence-electron chi connectivity index (χ1n) is 5.79. The van der Waals surface area contributed by atoms with Crippen molar-refractivity contribution in [2.75, 3.05) is 0 Å². The van der Waals surface area contributed by atoms with Gasteiger partial charge in [-0.05, 0) is 17.7 Å². The van der Waals surface area contributed by atoms with E-state index in [1.807, 2.05) is 0 Å². The van der Waals surface area contributed by atoms with Gasteiger partial charge in [0.05, 0.1) is 5.56 Å². The summed E-state index contributed by atoms with van der Waals surface area (Å²) in [4.78, 5) is 18.8. The lowest BCUT2D eigenvalue weighted by molar-refractivity contribution is -0.274. The highest BCUT2D eigenvalue weighted by Crippen LogP contribution is 2.23. The standard InChI is InChI=1S/C13H10F3N3O2/c14-13(15,16)21-10-3-1-8(2-4-10)5-11-18-6-9(7-19-11)12(17)20/h1-4,6-7H,5H2,(H2,17,20). The van der Waals surface area contributed by atoms with Crippen LogP contribution in [0.1, 0.15) is 21.7 Å². The molecule has 0 radical (unpaired) electrons. The molecule has 0 saturated carbocycles. The Hall–Kier alpha value is -2.64. The van der Waals surface area contributed by atoms with E-state index in [0.717, 1.165) is 0 Å². The molecule has 0 atom stereocenters. The number of carbonyl (C=O) groups is 1. The zero-order chi connectivity index (χ0) is 15.5. The summed E-state index contributed by atoms with van der Waals surface area (Å²) in [6, 6.07) is 5.38. The Balaban J connectivity index is 2.04. The van der Waals surface area contributed by atoms with Crippen LogP contribution in [0.3, 0.4) is 0 Å². The summed E-state index contributed by atoms with van der Waals surface area (Å²) >= 11 is 0. The molecule has 0 spiro atoms. The summed E-state index contributed by atoms with van der Waals surface area (Å²) in [6.07, 6.45) is -1.81. The Morgan fingerprint density at radius 1 is 1.14 bits per heavy atom. The van der Waals surface area contributed by atoms with E-state index in [4.69, 9.17) is 5.73 Å². The maximum Gasteiger partial charge on any atom is 0.573 e. The van der Waals surface area contributed by atoms with E-state index in [1.54, 1.807) is 0 Å². The van der Waals surface area contributed by atoms with Crippen LogP contribution in [0.15, 0.2) is 36.7 Å². The molecule has 1 heterocycles. The predicted octanol–water partition coefficient (Wildman–Crippen LogP) is 2.06. The SMILES string of the molecule is NC(=O)c1cnc(Cc2ccc(OC(F)(F)F)cc2)nc1. The highest BCUT2D eigenvalue weighted by atomic mass is 19.4. The van der Waals surface area contributed by atoms with E-state index in [1.165, 1.54) is 36.7 Å². The second-order valence-corrected chi connectivity index (χ2v) is 4.12.